The first-order valence-corrected chi connectivity index (χ1v) is 7.38. The Labute approximate surface area is 131 Å². The van der Waals surface area contributed by atoms with E-state index in [4.69, 9.17) is 4.74 Å². The Balaban J connectivity index is 2.58. The molecule has 0 aliphatic heterocycles. The number of benzene rings is 2. The lowest BCUT2D eigenvalue weighted by Crippen LogP contribution is -2.23. The highest BCUT2D eigenvalue weighted by atomic mass is 79.9. The summed E-state index contributed by atoms with van der Waals surface area (Å²) in [5, 5.41) is 3.24. The first-order chi connectivity index (χ1) is 10.1. The highest BCUT2D eigenvalue weighted by Crippen LogP contribution is 2.34. The van der Waals surface area contributed by atoms with Crippen LogP contribution in [0.25, 0.3) is 0 Å². The molecule has 0 aromatic heterocycles. The molecule has 0 aliphatic rings. The van der Waals surface area contributed by atoms with E-state index in [2.05, 4.69) is 21.2 Å². The average molecular weight is 356 g/mol. The maximum Gasteiger partial charge on any atom is 0.124 e. The van der Waals surface area contributed by atoms with E-state index in [0.29, 0.717) is 23.4 Å². The minimum Gasteiger partial charge on any atom is -0.496 e. The van der Waals surface area contributed by atoms with Gasteiger partial charge in [0.25, 0.3) is 0 Å². The van der Waals surface area contributed by atoms with Crippen LogP contribution in [0.2, 0.25) is 0 Å². The molecule has 2 aromatic rings. The van der Waals surface area contributed by atoms with Gasteiger partial charge in [-0.3, -0.25) is 0 Å². The Morgan fingerprint density at radius 1 is 1.10 bits per heavy atom. The first kappa shape index (κ1) is 15.9. The van der Waals surface area contributed by atoms with Crippen LogP contribution in [0.5, 0.6) is 5.75 Å². The maximum atomic E-state index is 13.6. The fourth-order valence-corrected chi connectivity index (χ4v) is 2.73. The lowest BCUT2D eigenvalue weighted by molar-refractivity contribution is 0.402. The number of ether oxygens (including phenoxy) is 1. The molecule has 1 N–H and O–H groups in total. The third kappa shape index (κ3) is 3.60. The Hall–Kier alpha value is -1.46. The van der Waals surface area contributed by atoms with Gasteiger partial charge in [0.05, 0.1) is 13.2 Å². The molecule has 2 aromatic carbocycles. The minimum absolute atomic E-state index is 0.341. The van der Waals surface area contributed by atoms with Gasteiger partial charge >= 0.3 is 0 Å². The third-order valence-electron chi connectivity index (χ3n) is 3.18. The van der Waals surface area contributed by atoms with Gasteiger partial charge in [-0.1, -0.05) is 22.9 Å². The number of hydrogen-bond acceptors (Lipinski definition) is 2. The fourth-order valence-electron chi connectivity index (χ4n) is 2.26. The molecule has 0 saturated heterocycles. The molecule has 0 radical (unpaired) electrons. The second-order valence-electron chi connectivity index (χ2n) is 4.54. The smallest absolute Gasteiger partial charge is 0.124 e. The summed E-state index contributed by atoms with van der Waals surface area (Å²) < 4.78 is 33.2. The summed E-state index contributed by atoms with van der Waals surface area (Å²) in [6, 6.07) is 8.39. The number of hydrogen-bond donors (Lipinski definition) is 1. The quantitative estimate of drug-likeness (QED) is 0.856. The summed E-state index contributed by atoms with van der Waals surface area (Å²) >= 11 is 3.42. The highest BCUT2D eigenvalue weighted by molar-refractivity contribution is 9.10. The fraction of sp³-hybridized carbons (Fsp3) is 0.250. The molecule has 21 heavy (non-hydrogen) atoms. The number of rotatable bonds is 5. The molecule has 0 bridgehead atoms. The zero-order valence-corrected chi connectivity index (χ0v) is 13.4. The van der Waals surface area contributed by atoms with E-state index < -0.39 is 0 Å². The van der Waals surface area contributed by atoms with Gasteiger partial charge in [-0.2, -0.15) is 0 Å². The van der Waals surface area contributed by atoms with Crippen molar-refractivity contribution in [1.29, 1.82) is 0 Å². The minimum atomic E-state index is -0.370. The van der Waals surface area contributed by atoms with Gasteiger partial charge < -0.3 is 10.1 Å². The summed E-state index contributed by atoms with van der Waals surface area (Å²) in [6.07, 6.45) is 0. The molecule has 1 unspecified atom stereocenters. The molecule has 112 valence electrons. The summed E-state index contributed by atoms with van der Waals surface area (Å²) in [4.78, 5) is 0. The first-order valence-electron chi connectivity index (χ1n) is 6.58. The van der Waals surface area contributed by atoms with Crippen LogP contribution >= 0.6 is 15.9 Å². The van der Waals surface area contributed by atoms with E-state index in [9.17, 15) is 8.78 Å². The molecule has 2 nitrogen and oxygen atoms in total. The second-order valence-corrected chi connectivity index (χ2v) is 5.40. The van der Waals surface area contributed by atoms with Crippen LogP contribution in [0.1, 0.15) is 24.1 Å². The summed E-state index contributed by atoms with van der Waals surface area (Å²) in [6.45, 7) is 2.58. The van der Waals surface area contributed by atoms with Crippen LogP contribution in [0.15, 0.2) is 40.9 Å². The molecule has 1 atom stereocenters. The van der Waals surface area contributed by atoms with Crippen LogP contribution in [0, 0.1) is 11.6 Å². The van der Waals surface area contributed by atoms with Crippen molar-refractivity contribution >= 4 is 15.9 Å². The van der Waals surface area contributed by atoms with E-state index in [1.54, 1.807) is 12.1 Å². The van der Waals surface area contributed by atoms with Crippen molar-refractivity contribution < 1.29 is 13.5 Å². The Morgan fingerprint density at radius 3 is 2.33 bits per heavy atom. The largest absolute Gasteiger partial charge is 0.496 e. The standard InChI is InChI=1S/C16H16BrF2NO/c1-3-20-16(12-8-10(18)4-6-14(12)17)13-9-11(19)5-7-15(13)21-2/h4-9,16,20H,3H2,1-2H3. The van der Waals surface area contributed by atoms with Gasteiger partial charge in [0.15, 0.2) is 0 Å². The topological polar surface area (TPSA) is 21.3 Å². The Morgan fingerprint density at radius 2 is 1.71 bits per heavy atom. The lowest BCUT2D eigenvalue weighted by atomic mass is 9.97. The van der Waals surface area contributed by atoms with Crippen molar-refractivity contribution in [2.45, 2.75) is 13.0 Å². The van der Waals surface area contributed by atoms with Crippen LogP contribution in [-0.4, -0.2) is 13.7 Å². The predicted octanol–water partition coefficient (Wildman–Crippen LogP) is 4.43. The predicted molar refractivity (Wildman–Crippen MR) is 82.6 cm³/mol. The molecule has 0 saturated carbocycles. The summed E-state index contributed by atoms with van der Waals surface area (Å²) in [5.41, 5.74) is 1.33. The van der Waals surface area contributed by atoms with Crippen molar-refractivity contribution in [3.8, 4) is 5.75 Å². The lowest BCUT2D eigenvalue weighted by Gasteiger charge is -2.22. The highest BCUT2D eigenvalue weighted by Gasteiger charge is 2.21. The molecule has 0 amide bonds. The second kappa shape index (κ2) is 7.00. The molecule has 0 aliphatic carbocycles. The molecule has 2 rings (SSSR count). The van der Waals surface area contributed by atoms with Crippen LogP contribution in [-0.2, 0) is 0 Å². The van der Waals surface area contributed by atoms with E-state index >= 15 is 0 Å². The Kier molecular flexibility index (Phi) is 5.31. The molecule has 0 fully saturated rings. The summed E-state index contributed by atoms with van der Waals surface area (Å²) in [7, 11) is 1.53. The van der Waals surface area contributed by atoms with Crippen molar-refractivity contribution in [3.63, 3.8) is 0 Å². The van der Waals surface area contributed by atoms with E-state index in [1.165, 1.54) is 31.4 Å². The van der Waals surface area contributed by atoms with E-state index in [-0.39, 0.29) is 17.7 Å². The van der Waals surface area contributed by atoms with Crippen molar-refractivity contribution in [1.82, 2.24) is 5.32 Å². The Bertz CT molecular complexity index is 634. The number of methoxy groups -OCH3 is 1. The summed E-state index contributed by atoms with van der Waals surface area (Å²) in [5.74, 6) is -0.147. The molecule has 0 spiro atoms. The van der Waals surface area contributed by atoms with Crippen LogP contribution < -0.4 is 10.1 Å². The van der Waals surface area contributed by atoms with Gasteiger partial charge in [0.1, 0.15) is 17.4 Å². The molecular weight excluding hydrogens is 340 g/mol. The molecule has 0 heterocycles. The average Bonchev–Trinajstić information content (AvgIpc) is 2.47. The van der Waals surface area contributed by atoms with Gasteiger partial charge in [-0.05, 0) is 48.5 Å². The number of halogens is 3. The molecular formula is C16H16BrF2NO. The van der Waals surface area contributed by atoms with Gasteiger partial charge in [-0.15, -0.1) is 0 Å². The molecule has 5 heteroatoms. The third-order valence-corrected chi connectivity index (χ3v) is 3.90. The van der Waals surface area contributed by atoms with E-state index in [0.717, 1.165) is 4.47 Å². The van der Waals surface area contributed by atoms with Crippen molar-refractivity contribution in [3.05, 3.63) is 63.6 Å². The van der Waals surface area contributed by atoms with Gasteiger partial charge in [0.2, 0.25) is 0 Å². The van der Waals surface area contributed by atoms with Crippen molar-refractivity contribution in [2.24, 2.45) is 0 Å². The van der Waals surface area contributed by atoms with Gasteiger partial charge in [-0.25, -0.2) is 8.78 Å². The van der Waals surface area contributed by atoms with Crippen LogP contribution in [0.4, 0.5) is 8.78 Å². The van der Waals surface area contributed by atoms with E-state index in [1.807, 2.05) is 6.92 Å². The SMILES string of the molecule is CCNC(c1cc(F)ccc1Br)c1cc(F)ccc1OC. The van der Waals surface area contributed by atoms with Gasteiger partial charge in [0, 0.05) is 10.0 Å². The van der Waals surface area contributed by atoms with Crippen LogP contribution in [0.3, 0.4) is 0 Å². The number of nitrogens with one attached hydrogen (secondary N) is 1. The zero-order chi connectivity index (χ0) is 15.4. The monoisotopic (exact) mass is 355 g/mol. The van der Waals surface area contributed by atoms with Crippen molar-refractivity contribution in [2.75, 3.05) is 13.7 Å². The maximum absolute atomic E-state index is 13.6. The zero-order valence-electron chi connectivity index (χ0n) is 11.8. The normalized spacial score (nSPS) is 12.2.